The zero-order chi connectivity index (χ0) is 14.9. The molecule has 1 aliphatic heterocycles. The van der Waals surface area contributed by atoms with Crippen molar-refractivity contribution in [3.8, 4) is 0 Å². The molecule has 0 radical (unpaired) electrons. The Morgan fingerprint density at radius 1 is 1.33 bits per heavy atom. The predicted molar refractivity (Wildman–Crippen MR) is 80.0 cm³/mol. The average Bonchev–Trinajstić information content (AvgIpc) is 2.93. The summed E-state index contributed by atoms with van der Waals surface area (Å²) in [5.41, 5.74) is 0.999. The molecule has 1 aromatic heterocycles. The summed E-state index contributed by atoms with van der Waals surface area (Å²) in [6.07, 6.45) is 2.48. The Morgan fingerprint density at radius 3 is 2.86 bits per heavy atom. The Morgan fingerprint density at radius 2 is 2.14 bits per heavy atom. The first-order valence-corrected chi connectivity index (χ1v) is 7.67. The molecule has 0 bridgehead atoms. The van der Waals surface area contributed by atoms with E-state index in [4.69, 9.17) is 14.0 Å². The number of ether oxygens (including phenoxy) is 2. The molecular formula is C15H27N3O3. The lowest BCUT2D eigenvalue weighted by molar-refractivity contribution is 0.153. The van der Waals surface area contributed by atoms with Gasteiger partial charge in [0.2, 0.25) is 0 Å². The number of likely N-dealkylation sites (tertiary alicyclic amines) is 1. The molecule has 21 heavy (non-hydrogen) atoms. The van der Waals surface area contributed by atoms with Crippen LogP contribution in [-0.2, 0) is 22.6 Å². The largest absolute Gasteiger partial charge is 0.383 e. The molecule has 0 atom stereocenters. The Kier molecular flexibility index (Phi) is 7.15. The molecule has 0 aliphatic carbocycles. The van der Waals surface area contributed by atoms with E-state index < -0.39 is 0 Å². The van der Waals surface area contributed by atoms with Gasteiger partial charge in [0.25, 0.3) is 0 Å². The van der Waals surface area contributed by atoms with Crippen LogP contribution in [0.3, 0.4) is 0 Å². The van der Waals surface area contributed by atoms with Crippen molar-refractivity contribution in [1.82, 2.24) is 15.4 Å². The summed E-state index contributed by atoms with van der Waals surface area (Å²) in [5, 5.41) is 7.55. The van der Waals surface area contributed by atoms with Gasteiger partial charge in [-0.2, -0.15) is 0 Å². The maximum atomic E-state index is 5.22. The van der Waals surface area contributed by atoms with E-state index in [0.29, 0.717) is 6.61 Å². The van der Waals surface area contributed by atoms with Crippen LogP contribution >= 0.6 is 0 Å². The number of piperidine rings is 1. The fraction of sp³-hybridized carbons (Fsp3) is 0.800. The van der Waals surface area contributed by atoms with Crippen LogP contribution in [0, 0.1) is 5.92 Å². The van der Waals surface area contributed by atoms with Crippen LogP contribution in [-0.4, -0.2) is 57.1 Å². The van der Waals surface area contributed by atoms with E-state index in [9.17, 15) is 0 Å². The fourth-order valence-electron chi connectivity index (χ4n) is 2.70. The molecule has 0 unspecified atom stereocenters. The van der Waals surface area contributed by atoms with Gasteiger partial charge in [-0.1, -0.05) is 5.16 Å². The van der Waals surface area contributed by atoms with Gasteiger partial charge in [-0.15, -0.1) is 0 Å². The number of hydrogen-bond acceptors (Lipinski definition) is 6. The molecule has 0 aromatic carbocycles. The first kappa shape index (κ1) is 16.4. The molecule has 1 saturated heterocycles. The average molecular weight is 297 g/mol. The lowest BCUT2D eigenvalue weighted by Gasteiger charge is -2.31. The quantitative estimate of drug-likeness (QED) is 0.693. The third kappa shape index (κ3) is 5.74. The minimum Gasteiger partial charge on any atom is -0.383 e. The molecule has 1 aliphatic rings. The van der Waals surface area contributed by atoms with E-state index >= 15 is 0 Å². The Labute approximate surface area is 126 Å². The maximum Gasteiger partial charge on any atom is 0.162 e. The van der Waals surface area contributed by atoms with E-state index in [1.54, 1.807) is 14.2 Å². The third-order valence-electron chi connectivity index (χ3n) is 3.90. The number of nitrogens with zero attached hydrogens (tertiary/aromatic N) is 2. The molecule has 0 amide bonds. The highest BCUT2D eigenvalue weighted by atomic mass is 16.5. The van der Waals surface area contributed by atoms with E-state index in [2.05, 4.69) is 15.4 Å². The number of rotatable bonds is 9. The molecule has 6 heteroatoms. The van der Waals surface area contributed by atoms with Gasteiger partial charge in [0.05, 0.1) is 12.3 Å². The zero-order valence-electron chi connectivity index (χ0n) is 13.1. The van der Waals surface area contributed by atoms with Crippen LogP contribution in [0.4, 0.5) is 0 Å². The lowest BCUT2D eigenvalue weighted by atomic mass is 9.96. The molecule has 120 valence electrons. The van der Waals surface area contributed by atoms with Gasteiger partial charge >= 0.3 is 0 Å². The molecular weight excluding hydrogens is 270 g/mol. The van der Waals surface area contributed by atoms with E-state index in [1.807, 2.05) is 6.07 Å². The SMILES string of the molecule is COCCNCC1CCN(Cc2cc(COC)on2)CC1. The molecule has 0 spiro atoms. The summed E-state index contributed by atoms with van der Waals surface area (Å²) in [7, 11) is 3.40. The predicted octanol–water partition coefficient (Wildman–Crippen LogP) is 1.27. The van der Waals surface area contributed by atoms with E-state index in [-0.39, 0.29) is 0 Å². The number of methoxy groups -OCH3 is 2. The lowest BCUT2D eigenvalue weighted by Crippen LogP contribution is -2.37. The summed E-state index contributed by atoms with van der Waals surface area (Å²) >= 11 is 0. The topological polar surface area (TPSA) is 59.8 Å². The van der Waals surface area contributed by atoms with Gasteiger partial charge < -0.3 is 19.3 Å². The Bertz CT molecular complexity index is 389. The molecule has 6 nitrogen and oxygen atoms in total. The molecule has 1 aromatic rings. The van der Waals surface area contributed by atoms with Crippen LogP contribution < -0.4 is 5.32 Å². The van der Waals surface area contributed by atoms with Gasteiger partial charge in [0, 0.05) is 33.4 Å². The molecule has 2 heterocycles. The molecule has 0 saturated carbocycles. The first-order valence-electron chi connectivity index (χ1n) is 7.67. The number of hydrogen-bond donors (Lipinski definition) is 1. The molecule has 1 N–H and O–H groups in total. The minimum atomic E-state index is 0.488. The van der Waals surface area contributed by atoms with E-state index in [0.717, 1.165) is 56.7 Å². The second-order valence-electron chi connectivity index (χ2n) is 5.63. The van der Waals surface area contributed by atoms with Gasteiger partial charge in [-0.25, -0.2) is 0 Å². The van der Waals surface area contributed by atoms with Crippen molar-refractivity contribution in [2.24, 2.45) is 5.92 Å². The van der Waals surface area contributed by atoms with Crippen LogP contribution in [0.5, 0.6) is 0 Å². The third-order valence-corrected chi connectivity index (χ3v) is 3.90. The van der Waals surface area contributed by atoms with Crippen molar-refractivity contribution in [3.63, 3.8) is 0 Å². The second kappa shape index (κ2) is 9.15. The standard InChI is InChI=1S/C15H27N3O3/c1-19-8-5-16-10-13-3-6-18(7-4-13)11-14-9-15(12-20-2)21-17-14/h9,13,16H,3-8,10-12H2,1-2H3. The van der Waals surface area contributed by atoms with Crippen molar-refractivity contribution >= 4 is 0 Å². The van der Waals surface area contributed by atoms with Crippen molar-refractivity contribution in [2.75, 3.05) is 47.0 Å². The summed E-state index contributed by atoms with van der Waals surface area (Å²) in [4.78, 5) is 2.44. The van der Waals surface area contributed by atoms with E-state index in [1.165, 1.54) is 12.8 Å². The van der Waals surface area contributed by atoms with Crippen LogP contribution in [0.1, 0.15) is 24.3 Å². The Hall–Kier alpha value is -0.950. The van der Waals surface area contributed by atoms with Crippen molar-refractivity contribution in [1.29, 1.82) is 0 Å². The zero-order valence-corrected chi connectivity index (χ0v) is 13.1. The fourth-order valence-corrected chi connectivity index (χ4v) is 2.70. The number of nitrogens with one attached hydrogen (secondary N) is 1. The smallest absolute Gasteiger partial charge is 0.162 e. The summed E-state index contributed by atoms with van der Waals surface area (Å²) in [6.45, 7) is 6.44. The first-order chi connectivity index (χ1) is 10.3. The second-order valence-corrected chi connectivity index (χ2v) is 5.63. The summed E-state index contributed by atoms with van der Waals surface area (Å²) in [5.74, 6) is 1.57. The van der Waals surface area contributed by atoms with Gasteiger partial charge in [0.1, 0.15) is 6.61 Å². The van der Waals surface area contributed by atoms with Crippen molar-refractivity contribution in [3.05, 3.63) is 17.5 Å². The number of aromatic nitrogens is 1. The van der Waals surface area contributed by atoms with Crippen LogP contribution in [0.15, 0.2) is 10.6 Å². The van der Waals surface area contributed by atoms with Crippen molar-refractivity contribution < 1.29 is 14.0 Å². The van der Waals surface area contributed by atoms with Crippen LogP contribution in [0.2, 0.25) is 0 Å². The molecule has 2 rings (SSSR count). The highest BCUT2D eigenvalue weighted by Gasteiger charge is 2.19. The highest BCUT2D eigenvalue weighted by molar-refractivity contribution is 5.04. The maximum absolute atomic E-state index is 5.22. The van der Waals surface area contributed by atoms with Crippen LogP contribution in [0.25, 0.3) is 0 Å². The summed E-state index contributed by atoms with van der Waals surface area (Å²) in [6, 6.07) is 1.99. The van der Waals surface area contributed by atoms with Gasteiger partial charge in [0.15, 0.2) is 5.76 Å². The Balaban J connectivity index is 1.64. The normalized spacial score (nSPS) is 17.4. The highest BCUT2D eigenvalue weighted by Crippen LogP contribution is 2.18. The minimum absolute atomic E-state index is 0.488. The monoisotopic (exact) mass is 297 g/mol. The van der Waals surface area contributed by atoms with Gasteiger partial charge in [-0.3, -0.25) is 4.90 Å². The molecule has 1 fully saturated rings. The van der Waals surface area contributed by atoms with Crippen molar-refractivity contribution in [2.45, 2.75) is 26.0 Å². The summed E-state index contributed by atoms with van der Waals surface area (Å²) < 4.78 is 15.3. The van der Waals surface area contributed by atoms with Gasteiger partial charge in [-0.05, 0) is 38.4 Å².